The molecule has 29 heavy (non-hydrogen) atoms. The van der Waals surface area contributed by atoms with Crippen LogP contribution in [0, 0.1) is 12.7 Å². The maximum absolute atomic E-state index is 13.2. The largest absolute Gasteiger partial charge is 0.299 e. The third-order valence-corrected chi connectivity index (χ3v) is 5.19. The number of aliphatic imine (C=N–C) groups is 1. The quantitative estimate of drug-likeness (QED) is 0.345. The van der Waals surface area contributed by atoms with E-state index in [1.54, 1.807) is 12.1 Å². The Morgan fingerprint density at radius 1 is 0.931 bits per heavy atom. The summed E-state index contributed by atoms with van der Waals surface area (Å²) in [6.07, 6.45) is 0. The first-order valence-electron chi connectivity index (χ1n) is 9.20. The van der Waals surface area contributed by atoms with Crippen LogP contribution < -0.4 is 4.80 Å². The monoisotopic (exact) mass is 402 g/mol. The van der Waals surface area contributed by atoms with Crippen molar-refractivity contribution in [1.82, 2.24) is 8.94 Å². The summed E-state index contributed by atoms with van der Waals surface area (Å²) in [6.45, 7) is 2.50. The van der Waals surface area contributed by atoms with Gasteiger partial charge in [0.15, 0.2) is 5.84 Å². The van der Waals surface area contributed by atoms with Gasteiger partial charge >= 0.3 is 0 Å². The predicted octanol–water partition coefficient (Wildman–Crippen LogP) is 5.12. The molecule has 0 N–H and O–H groups in total. The van der Waals surface area contributed by atoms with Gasteiger partial charge in [0.05, 0.1) is 12.2 Å². The molecule has 1 heterocycles. The van der Waals surface area contributed by atoms with E-state index in [2.05, 4.69) is 4.37 Å². The van der Waals surface area contributed by atoms with Crippen molar-refractivity contribution < 1.29 is 4.39 Å². The minimum atomic E-state index is -0.245. The van der Waals surface area contributed by atoms with Crippen molar-refractivity contribution in [3.05, 3.63) is 112 Å². The Kier molecular flexibility index (Phi) is 5.72. The molecule has 0 fully saturated rings. The number of hydrogen-bond acceptors (Lipinski definition) is 3. The number of nitrogens with zero attached hydrogens (tertiary/aromatic N) is 4. The van der Waals surface area contributed by atoms with Gasteiger partial charge in [-0.2, -0.15) is 9.37 Å². The van der Waals surface area contributed by atoms with Crippen molar-refractivity contribution in [3.8, 4) is 0 Å². The summed E-state index contributed by atoms with van der Waals surface area (Å²) >= 11 is 1.32. The Hall–Kier alpha value is -3.38. The van der Waals surface area contributed by atoms with Gasteiger partial charge in [0.25, 0.3) is 0 Å². The number of amidine groups is 1. The van der Waals surface area contributed by atoms with Crippen LogP contribution in [0.2, 0.25) is 0 Å². The fourth-order valence-corrected chi connectivity index (χ4v) is 3.57. The van der Waals surface area contributed by atoms with E-state index in [4.69, 9.17) is 9.98 Å². The average molecular weight is 402 g/mol. The molecule has 3 aromatic carbocycles. The molecule has 0 aliphatic rings. The third-order valence-electron chi connectivity index (χ3n) is 4.36. The number of hydrogen-bond donors (Lipinski definition) is 0. The number of aryl methyl sites for hydroxylation is 1. The highest BCUT2D eigenvalue weighted by atomic mass is 32.1. The zero-order valence-electron chi connectivity index (χ0n) is 15.9. The maximum Gasteiger partial charge on any atom is 0.211 e. The van der Waals surface area contributed by atoms with Gasteiger partial charge in [0.1, 0.15) is 11.6 Å². The van der Waals surface area contributed by atoms with Crippen molar-refractivity contribution in [2.24, 2.45) is 9.98 Å². The van der Waals surface area contributed by atoms with Gasteiger partial charge in [0, 0.05) is 17.1 Å². The lowest BCUT2D eigenvalue weighted by molar-refractivity contribution is 0.625. The summed E-state index contributed by atoms with van der Waals surface area (Å²) in [5.41, 5.74) is 2.74. The number of aromatic nitrogens is 2. The van der Waals surface area contributed by atoms with Crippen molar-refractivity contribution in [2.45, 2.75) is 13.5 Å². The zero-order valence-corrected chi connectivity index (χ0v) is 16.7. The van der Waals surface area contributed by atoms with Gasteiger partial charge in [-0.25, -0.2) is 9.38 Å². The smallest absolute Gasteiger partial charge is 0.211 e. The SMILES string of the molecule is Cc1nsc(=NC(=Nc2ccccc2)c2ccccc2)n1Cc1ccc(F)cc1. The molecule has 4 rings (SSSR count). The fraction of sp³-hybridized carbons (Fsp3) is 0.0870. The van der Waals surface area contributed by atoms with Crippen LogP contribution in [0.5, 0.6) is 0 Å². The summed E-state index contributed by atoms with van der Waals surface area (Å²) in [4.78, 5) is 10.4. The molecule has 0 saturated carbocycles. The second-order valence-corrected chi connectivity index (χ2v) is 7.20. The van der Waals surface area contributed by atoms with Crippen LogP contribution in [-0.2, 0) is 6.54 Å². The van der Waals surface area contributed by atoms with Gasteiger partial charge in [-0.05, 0) is 36.8 Å². The molecule has 0 spiro atoms. The lowest BCUT2D eigenvalue weighted by atomic mass is 10.2. The van der Waals surface area contributed by atoms with Crippen molar-refractivity contribution in [2.75, 3.05) is 0 Å². The highest BCUT2D eigenvalue weighted by molar-refractivity contribution is 7.02. The Morgan fingerprint density at radius 2 is 1.59 bits per heavy atom. The van der Waals surface area contributed by atoms with Crippen LogP contribution in [-0.4, -0.2) is 14.8 Å². The van der Waals surface area contributed by atoms with Gasteiger partial charge in [-0.15, -0.1) is 0 Å². The topological polar surface area (TPSA) is 42.5 Å². The maximum atomic E-state index is 13.2. The van der Waals surface area contributed by atoms with Crippen molar-refractivity contribution >= 4 is 23.1 Å². The van der Waals surface area contributed by atoms with Crippen LogP contribution in [0.1, 0.15) is 17.0 Å². The van der Waals surface area contributed by atoms with Gasteiger partial charge in [-0.3, -0.25) is 4.57 Å². The zero-order chi connectivity index (χ0) is 20.1. The normalized spacial score (nSPS) is 12.3. The molecule has 4 aromatic rings. The Bertz CT molecular complexity index is 1180. The molecule has 4 nitrogen and oxygen atoms in total. The number of para-hydroxylation sites is 1. The van der Waals surface area contributed by atoms with E-state index in [1.807, 2.05) is 72.2 Å². The van der Waals surface area contributed by atoms with Crippen LogP contribution in [0.25, 0.3) is 0 Å². The first kappa shape index (κ1) is 19.0. The van der Waals surface area contributed by atoms with Crippen LogP contribution in [0.4, 0.5) is 10.1 Å². The van der Waals surface area contributed by atoms with Crippen LogP contribution in [0.3, 0.4) is 0 Å². The fourth-order valence-electron chi connectivity index (χ4n) is 2.84. The van der Waals surface area contributed by atoms with Crippen LogP contribution >= 0.6 is 11.5 Å². The lowest BCUT2D eigenvalue weighted by Crippen LogP contribution is -2.19. The molecular weight excluding hydrogens is 383 g/mol. The van der Waals surface area contributed by atoms with Gasteiger partial charge in [0.2, 0.25) is 4.80 Å². The first-order valence-corrected chi connectivity index (χ1v) is 9.98. The highest BCUT2D eigenvalue weighted by Gasteiger charge is 2.08. The van der Waals surface area contributed by atoms with E-state index < -0.39 is 0 Å². The third kappa shape index (κ3) is 4.73. The molecule has 6 heteroatoms. The van der Waals surface area contributed by atoms with E-state index in [-0.39, 0.29) is 5.82 Å². The first-order chi connectivity index (χ1) is 14.2. The van der Waals surface area contributed by atoms with Gasteiger partial charge in [-0.1, -0.05) is 60.7 Å². The molecule has 0 atom stereocenters. The molecule has 0 unspecified atom stereocenters. The number of rotatable bonds is 4. The molecule has 0 radical (unpaired) electrons. The average Bonchev–Trinajstić information content (AvgIpc) is 3.10. The minimum absolute atomic E-state index is 0.245. The molecule has 144 valence electrons. The van der Waals surface area contributed by atoms with Crippen LogP contribution in [0.15, 0.2) is 94.9 Å². The molecule has 1 aromatic heterocycles. The standard InChI is InChI=1S/C23H19FN4S/c1-17-27-29-23(28(17)16-18-12-14-20(24)15-13-18)26-22(19-8-4-2-5-9-19)25-21-10-6-3-7-11-21/h2-15H,16H2,1H3. The molecule has 0 aliphatic heterocycles. The molecule has 0 bridgehead atoms. The summed E-state index contributed by atoms with van der Waals surface area (Å²) in [7, 11) is 0. The summed E-state index contributed by atoms with van der Waals surface area (Å²) in [5, 5.41) is 0. The predicted molar refractivity (Wildman–Crippen MR) is 115 cm³/mol. The number of halogens is 1. The second-order valence-electron chi connectivity index (χ2n) is 6.47. The van der Waals surface area contributed by atoms with E-state index in [1.165, 1.54) is 23.7 Å². The van der Waals surface area contributed by atoms with E-state index in [9.17, 15) is 4.39 Å². The van der Waals surface area contributed by atoms with E-state index in [0.717, 1.165) is 27.4 Å². The molecule has 0 aliphatic carbocycles. The molecule has 0 saturated heterocycles. The van der Waals surface area contributed by atoms with Gasteiger partial charge < -0.3 is 0 Å². The van der Waals surface area contributed by atoms with Crippen molar-refractivity contribution in [3.63, 3.8) is 0 Å². The second kappa shape index (κ2) is 8.75. The summed E-state index contributed by atoms with van der Waals surface area (Å²) in [6, 6.07) is 26.1. The minimum Gasteiger partial charge on any atom is -0.299 e. The van der Waals surface area contributed by atoms with E-state index in [0.29, 0.717) is 12.4 Å². The molecule has 0 amide bonds. The Balaban J connectivity index is 1.79. The van der Waals surface area contributed by atoms with Crippen molar-refractivity contribution in [1.29, 1.82) is 0 Å². The van der Waals surface area contributed by atoms with E-state index >= 15 is 0 Å². The Morgan fingerprint density at radius 3 is 2.28 bits per heavy atom. The Labute approximate surface area is 172 Å². The lowest BCUT2D eigenvalue weighted by Gasteiger charge is -2.06. The summed E-state index contributed by atoms with van der Waals surface area (Å²) < 4.78 is 19.7. The highest BCUT2D eigenvalue weighted by Crippen LogP contribution is 2.14. The molecular formula is C23H19FN4S. The summed E-state index contributed by atoms with van der Waals surface area (Å²) in [5.74, 6) is 1.23. The number of benzene rings is 3.